The molecule has 4 nitrogen and oxygen atoms in total. The van der Waals surface area contributed by atoms with E-state index in [-0.39, 0.29) is 17.4 Å². The molecule has 1 aliphatic carbocycles. The van der Waals surface area contributed by atoms with Crippen LogP contribution in [0.5, 0.6) is 5.75 Å². The van der Waals surface area contributed by atoms with Crippen molar-refractivity contribution < 1.29 is 9.53 Å². The van der Waals surface area contributed by atoms with Gasteiger partial charge in [0.1, 0.15) is 5.75 Å². The van der Waals surface area contributed by atoms with Gasteiger partial charge in [-0.15, -0.1) is 6.58 Å². The highest BCUT2D eigenvalue weighted by molar-refractivity contribution is 5.98. The molecule has 0 aromatic heterocycles. The highest BCUT2D eigenvalue weighted by atomic mass is 16.5. The van der Waals surface area contributed by atoms with Crippen LogP contribution in [0.15, 0.2) is 79.4 Å². The molecule has 4 heteroatoms. The van der Waals surface area contributed by atoms with Gasteiger partial charge in [-0.2, -0.15) is 0 Å². The summed E-state index contributed by atoms with van der Waals surface area (Å²) in [4.78, 5) is 15.8. The number of rotatable bonds is 6. The summed E-state index contributed by atoms with van der Waals surface area (Å²) in [6.45, 7) is 7.01. The summed E-state index contributed by atoms with van der Waals surface area (Å²) in [5.74, 6) is 1.49. The lowest BCUT2D eigenvalue weighted by molar-refractivity contribution is 0.0473. The Morgan fingerprint density at radius 1 is 1.12 bits per heavy atom. The minimum Gasteiger partial charge on any atom is -0.497 e. The van der Waals surface area contributed by atoms with Gasteiger partial charge in [-0.05, 0) is 78.7 Å². The number of piperidine rings is 1. The van der Waals surface area contributed by atoms with E-state index < -0.39 is 0 Å². The van der Waals surface area contributed by atoms with Crippen LogP contribution in [0.4, 0.5) is 0 Å². The minimum absolute atomic E-state index is 0.0269. The van der Waals surface area contributed by atoms with Crippen LogP contribution in [0.1, 0.15) is 41.6 Å². The van der Waals surface area contributed by atoms with E-state index in [9.17, 15) is 4.79 Å². The van der Waals surface area contributed by atoms with Gasteiger partial charge in [-0.25, -0.2) is 0 Å². The molecule has 1 heterocycles. The molecule has 0 unspecified atom stereocenters. The van der Waals surface area contributed by atoms with Crippen LogP contribution >= 0.6 is 0 Å². The van der Waals surface area contributed by atoms with E-state index in [4.69, 9.17) is 4.74 Å². The number of nitrogens with zero attached hydrogens (tertiary/aromatic N) is 1. The number of amides is 1. The number of carbonyl (C=O) groups is 1. The van der Waals surface area contributed by atoms with E-state index in [0.29, 0.717) is 5.92 Å². The third-order valence-corrected chi connectivity index (χ3v) is 7.99. The molecule has 2 fully saturated rings. The lowest BCUT2D eigenvalue weighted by Gasteiger charge is -2.53. The minimum atomic E-state index is 0.0269. The average molecular weight is 455 g/mol. The Kier molecular flexibility index (Phi) is 6.42. The van der Waals surface area contributed by atoms with Crippen LogP contribution in [-0.4, -0.2) is 43.6 Å². The first-order chi connectivity index (χ1) is 16.6. The fourth-order valence-electron chi connectivity index (χ4n) is 6.22. The van der Waals surface area contributed by atoms with E-state index in [0.717, 1.165) is 67.4 Å². The Morgan fingerprint density at radius 3 is 2.79 bits per heavy atom. The lowest BCUT2D eigenvalue weighted by atomic mass is 9.58. The number of carbonyl (C=O) groups excluding carboxylic acids is 1. The Labute approximate surface area is 202 Å². The second kappa shape index (κ2) is 9.63. The second-order valence-electron chi connectivity index (χ2n) is 9.90. The summed E-state index contributed by atoms with van der Waals surface area (Å²) in [5.41, 5.74) is 2.13. The topological polar surface area (TPSA) is 41.6 Å². The number of hydrogen-bond donors (Lipinski definition) is 1. The van der Waals surface area contributed by atoms with Crippen molar-refractivity contribution in [3.8, 4) is 5.75 Å². The van der Waals surface area contributed by atoms with E-state index in [1.54, 1.807) is 7.11 Å². The van der Waals surface area contributed by atoms with Gasteiger partial charge in [-0.3, -0.25) is 9.69 Å². The third-order valence-electron chi connectivity index (χ3n) is 7.99. The molecule has 1 saturated carbocycles. The zero-order chi connectivity index (χ0) is 23.5. The molecule has 3 atom stereocenters. The molecule has 1 aliphatic heterocycles. The van der Waals surface area contributed by atoms with Crippen LogP contribution < -0.4 is 10.1 Å². The SMILES string of the molecule is C=CCN1CC[C@@]2(c3cccc(OC)c3)C[C@@H](NC(=O)c3ccc4ccccc4c3)CC[C@@H]2C1. The summed E-state index contributed by atoms with van der Waals surface area (Å²) in [5, 5.41) is 5.65. The predicted octanol–water partition coefficient (Wildman–Crippen LogP) is 5.58. The van der Waals surface area contributed by atoms with Gasteiger partial charge in [0.25, 0.3) is 5.91 Å². The molecule has 0 bridgehead atoms. The van der Waals surface area contributed by atoms with Crippen molar-refractivity contribution in [1.29, 1.82) is 0 Å². The Morgan fingerprint density at radius 2 is 1.97 bits per heavy atom. The number of benzene rings is 3. The number of hydrogen-bond acceptors (Lipinski definition) is 3. The summed E-state index contributed by atoms with van der Waals surface area (Å²) in [7, 11) is 1.73. The van der Waals surface area contributed by atoms with Gasteiger partial charge in [0.05, 0.1) is 7.11 Å². The van der Waals surface area contributed by atoms with Gasteiger partial charge >= 0.3 is 0 Å². The highest BCUT2D eigenvalue weighted by Crippen LogP contribution is 2.49. The maximum atomic E-state index is 13.2. The lowest BCUT2D eigenvalue weighted by Crippen LogP contribution is -2.56. The fourth-order valence-corrected chi connectivity index (χ4v) is 6.22. The van der Waals surface area contributed by atoms with Gasteiger partial charge in [0.2, 0.25) is 0 Å². The Balaban J connectivity index is 1.39. The van der Waals surface area contributed by atoms with Crippen LogP contribution in [0.25, 0.3) is 10.8 Å². The molecule has 0 spiro atoms. The monoisotopic (exact) mass is 454 g/mol. The quantitative estimate of drug-likeness (QED) is 0.495. The zero-order valence-corrected chi connectivity index (χ0v) is 20.0. The number of nitrogens with one attached hydrogen (secondary N) is 1. The first-order valence-corrected chi connectivity index (χ1v) is 12.4. The van der Waals surface area contributed by atoms with Gasteiger partial charge < -0.3 is 10.1 Å². The summed E-state index contributed by atoms with van der Waals surface area (Å²) in [6.07, 6.45) is 6.17. The van der Waals surface area contributed by atoms with Crippen molar-refractivity contribution in [2.75, 3.05) is 26.7 Å². The number of methoxy groups -OCH3 is 1. The molecule has 5 rings (SSSR count). The molecular formula is C30H34N2O2. The van der Waals surface area contributed by atoms with Crippen molar-refractivity contribution in [3.63, 3.8) is 0 Å². The van der Waals surface area contributed by atoms with Crippen LogP contribution in [0.2, 0.25) is 0 Å². The van der Waals surface area contributed by atoms with Crippen LogP contribution in [0.3, 0.4) is 0 Å². The number of ether oxygens (including phenoxy) is 1. The second-order valence-corrected chi connectivity index (χ2v) is 9.90. The normalized spacial score (nSPS) is 24.9. The fraction of sp³-hybridized carbons (Fsp3) is 0.367. The number of fused-ring (bicyclic) bond motifs is 2. The van der Waals surface area contributed by atoms with Crippen molar-refractivity contribution in [2.45, 2.75) is 37.1 Å². The molecule has 176 valence electrons. The summed E-state index contributed by atoms with van der Waals surface area (Å²) < 4.78 is 5.57. The van der Waals surface area contributed by atoms with Crippen molar-refractivity contribution in [2.24, 2.45) is 5.92 Å². The summed E-state index contributed by atoms with van der Waals surface area (Å²) >= 11 is 0. The van der Waals surface area contributed by atoms with Gasteiger partial charge in [-0.1, -0.05) is 48.5 Å². The maximum Gasteiger partial charge on any atom is 0.251 e. The van der Waals surface area contributed by atoms with Crippen LogP contribution in [0, 0.1) is 5.92 Å². The Bertz CT molecular complexity index is 1190. The van der Waals surface area contributed by atoms with E-state index in [1.807, 2.05) is 42.5 Å². The third kappa shape index (κ3) is 4.35. The maximum absolute atomic E-state index is 13.2. The number of likely N-dealkylation sites (tertiary alicyclic amines) is 1. The highest BCUT2D eigenvalue weighted by Gasteiger charge is 2.48. The smallest absolute Gasteiger partial charge is 0.251 e. The van der Waals surface area contributed by atoms with Gasteiger partial charge in [0, 0.05) is 30.1 Å². The molecule has 2 aliphatic rings. The van der Waals surface area contributed by atoms with E-state index in [1.165, 1.54) is 5.56 Å². The van der Waals surface area contributed by atoms with Crippen molar-refractivity contribution >= 4 is 16.7 Å². The zero-order valence-electron chi connectivity index (χ0n) is 20.0. The van der Waals surface area contributed by atoms with Gasteiger partial charge in [0.15, 0.2) is 0 Å². The molecule has 34 heavy (non-hydrogen) atoms. The predicted molar refractivity (Wildman–Crippen MR) is 138 cm³/mol. The van der Waals surface area contributed by atoms with E-state index in [2.05, 4.69) is 47.1 Å². The van der Waals surface area contributed by atoms with Crippen molar-refractivity contribution in [1.82, 2.24) is 10.2 Å². The molecule has 0 radical (unpaired) electrons. The standard InChI is InChI=1S/C30H34N2O2/c1-3-16-32-17-15-30(25-9-6-10-28(19-25)34-2)20-27(14-13-26(30)21-32)31-29(33)24-12-11-22-7-4-5-8-23(22)18-24/h3-12,18-19,26-27H,1,13-17,20-21H2,2H3,(H,31,33)/t26-,27+,30+/m1/s1. The molecule has 1 N–H and O–H groups in total. The average Bonchev–Trinajstić information content (AvgIpc) is 2.88. The molecule has 1 saturated heterocycles. The first kappa shape index (κ1) is 22.7. The molecule has 3 aromatic rings. The van der Waals surface area contributed by atoms with E-state index >= 15 is 0 Å². The summed E-state index contributed by atoms with van der Waals surface area (Å²) in [6, 6.07) is 22.9. The Hall–Kier alpha value is -3.11. The van der Waals surface area contributed by atoms with Crippen molar-refractivity contribution in [3.05, 3.63) is 90.5 Å². The molecular weight excluding hydrogens is 420 g/mol. The largest absolute Gasteiger partial charge is 0.497 e. The first-order valence-electron chi connectivity index (χ1n) is 12.4. The van der Waals surface area contributed by atoms with Crippen LogP contribution in [-0.2, 0) is 5.41 Å². The molecule has 1 amide bonds. The molecule has 3 aromatic carbocycles.